The van der Waals surface area contributed by atoms with Crippen molar-refractivity contribution in [2.75, 3.05) is 10.6 Å². The topological polar surface area (TPSA) is 41.1 Å². The van der Waals surface area contributed by atoms with Crippen molar-refractivity contribution >= 4 is 33.2 Å². The quantitative estimate of drug-likeness (QED) is 0.748. The second-order valence-corrected chi connectivity index (χ2v) is 4.72. The minimum absolute atomic E-state index is 0.0110. The summed E-state index contributed by atoms with van der Waals surface area (Å²) in [5.41, 5.74) is 1.21. The Morgan fingerprint density at radius 2 is 2.07 bits per heavy atom. The van der Waals surface area contributed by atoms with E-state index in [1.165, 1.54) is 0 Å². The first-order valence-corrected chi connectivity index (χ1v) is 5.18. The highest BCUT2D eigenvalue weighted by molar-refractivity contribution is 9.10. The number of halogens is 1. The summed E-state index contributed by atoms with van der Waals surface area (Å²) < 4.78 is 0.961. The molecule has 1 aromatic rings. The minimum Gasteiger partial charge on any atom is -0.369 e. The molecular formula is C10H11BrN2O. The van der Waals surface area contributed by atoms with Crippen molar-refractivity contribution in [3.05, 3.63) is 22.7 Å². The molecule has 4 heteroatoms. The summed E-state index contributed by atoms with van der Waals surface area (Å²) in [5, 5.41) is 6.05. The SMILES string of the molecule is CC1(C)Nc2c(Br)cccc2NC1=O. The Morgan fingerprint density at radius 1 is 1.36 bits per heavy atom. The van der Waals surface area contributed by atoms with E-state index >= 15 is 0 Å². The van der Waals surface area contributed by atoms with Crippen LogP contribution in [-0.4, -0.2) is 11.4 Å². The van der Waals surface area contributed by atoms with Crippen LogP contribution in [0.4, 0.5) is 11.4 Å². The zero-order valence-corrected chi connectivity index (χ0v) is 9.60. The highest BCUT2D eigenvalue weighted by Crippen LogP contribution is 2.36. The summed E-state index contributed by atoms with van der Waals surface area (Å²) >= 11 is 3.44. The molecule has 74 valence electrons. The summed E-state index contributed by atoms with van der Waals surface area (Å²) in [6.45, 7) is 3.70. The summed E-state index contributed by atoms with van der Waals surface area (Å²) in [5.74, 6) is -0.0110. The average molecular weight is 255 g/mol. The van der Waals surface area contributed by atoms with Gasteiger partial charge >= 0.3 is 0 Å². The van der Waals surface area contributed by atoms with E-state index in [4.69, 9.17) is 0 Å². The molecule has 2 rings (SSSR count). The van der Waals surface area contributed by atoms with Crippen molar-refractivity contribution in [3.63, 3.8) is 0 Å². The van der Waals surface area contributed by atoms with Gasteiger partial charge in [-0.2, -0.15) is 0 Å². The highest BCUT2D eigenvalue weighted by Gasteiger charge is 2.33. The summed E-state index contributed by atoms with van der Waals surface area (Å²) in [7, 11) is 0. The first-order chi connectivity index (χ1) is 6.50. The molecule has 1 aromatic carbocycles. The van der Waals surface area contributed by atoms with E-state index < -0.39 is 5.54 Å². The van der Waals surface area contributed by atoms with Crippen LogP contribution < -0.4 is 10.6 Å². The number of amides is 1. The Kier molecular flexibility index (Phi) is 2.03. The fraction of sp³-hybridized carbons (Fsp3) is 0.300. The number of anilines is 2. The van der Waals surface area contributed by atoms with Crippen LogP contribution in [0.5, 0.6) is 0 Å². The van der Waals surface area contributed by atoms with Crippen LogP contribution in [0.15, 0.2) is 22.7 Å². The second-order valence-electron chi connectivity index (χ2n) is 3.87. The second kappa shape index (κ2) is 2.98. The van der Waals surface area contributed by atoms with Crippen molar-refractivity contribution in [2.24, 2.45) is 0 Å². The van der Waals surface area contributed by atoms with Gasteiger partial charge in [-0.15, -0.1) is 0 Å². The third-order valence-corrected chi connectivity index (χ3v) is 2.93. The van der Waals surface area contributed by atoms with E-state index in [0.29, 0.717) is 0 Å². The van der Waals surface area contributed by atoms with Gasteiger partial charge in [-0.25, -0.2) is 0 Å². The Labute approximate surface area is 91.0 Å². The molecule has 3 nitrogen and oxygen atoms in total. The average Bonchev–Trinajstić information content (AvgIpc) is 2.09. The van der Waals surface area contributed by atoms with Gasteiger partial charge in [-0.05, 0) is 41.9 Å². The summed E-state index contributed by atoms with van der Waals surface area (Å²) in [6.07, 6.45) is 0. The van der Waals surface area contributed by atoms with Crippen LogP contribution >= 0.6 is 15.9 Å². The van der Waals surface area contributed by atoms with Gasteiger partial charge in [0.05, 0.1) is 11.4 Å². The normalized spacial score (nSPS) is 18.1. The lowest BCUT2D eigenvalue weighted by Gasteiger charge is -2.33. The fourth-order valence-corrected chi connectivity index (χ4v) is 1.87. The van der Waals surface area contributed by atoms with Crippen LogP contribution in [0, 0.1) is 0 Å². The Bertz CT molecular complexity index is 401. The third kappa shape index (κ3) is 1.39. The molecule has 0 saturated heterocycles. The van der Waals surface area contributed by atoms with Crippen molar-refractivity contribution < 1.29 is 4.79 Å². The predicted octanol–water partition coefficient (Wildman–Crippen LogP) is 2.59. The molecule has 14 heavy (non-hydrogen) atoms. The van der Waals surface area contributed by atoms with Gasteiger partial charge in [0.1, 0.15) is 5.54 Å². The number of hydrogen-bond acceptors (Lipinski definition) is 2. The minimum atomic E-state index is -0.559. The van der Waals surface area contributed by atoms with E-state index in [9.17, 15) is 4.79 Å². The van der Waals surface area contributed by atoms with Crippen LogP contribution in [-0.2, 0) is 4.79 Å². The van der Waals surface area contributed by atoms with Gasteiger partial charge in [-0.3, -0.25) is 4.79 Å². The molecule has 0 aromatic heterocycles. The fourth-order valence-electron chi connectivity index (χ4n) is 1.40. The van der Waals surface area contributed by atoms with E-state index in [1.807, 2.05) is 32.0 Å². The first kappa shape index (κ1) is 9.52. The molecule has 0 unspecified atom stereocenters. The maximum Gasteiger partial charge on any atom is 0.249 e. The lowest BCUT2D eigenvalue weighted by molar-refractivity contribution is -0.119. The van der Waals surface area contributed by atoms with Gasteiger partial charge in [0.25, 0.3) is 0 Å². The molecule has 0 radical (unpaired) electrons. The number of hydrogen-bond donors (Lipinski definition) is 2. The van der Waals surface area contributed by atoms with Crippen molar-refractivity contribution in [2.45, 2.75) is 19.4 Å². The van der Waals surface area contributed by atoms with E-state index in [2.05, 4.69) is 26.6 Å². The number of carbonyl (C=O) groups is 1. The number of para-hydroxylation sites is 1. The van der Waals surface area contributed by atoms with Crippen molar-refractivity contribution in [1.29, 1.82) is 0 Å². The van der Waals surface area contributed by atoms with E-state index in [-0.39, 0.29) is 5.91 Å². The number of benzene rings is 1. The predicted molar refractivity (Wildman–Crippen MR) is 60.5 cm³/mol. The monoisotopic (exact) mass is 254 g/mol. The highest BCUT2D eigenvalue weighted by atomic mass is 79.9. The van der Waals surface area contributed by atoms with Gasteiger partial charge in [-0.1, -0.05) is 6.07 Å². The van der Waals surface area contributed by atoms with Crippen molar-refractivity contribution in [3.8, 4) is 0 Å². The molecule has 1 heterocycles. The van der Waals surface area contributed by atoms with Gasteiger partial charge in [0.2, 0.25) is 5.91 Å². The Morgan fingerprint density at radius 3 is 2.79 bits per heavy atom. The third-order valence-electron chi connectivity index (χ3n) is 2.27. The summed E-state index contributed by atoms with van der Waals surface area (Å²) in [4.78, 5) is 11.6. The lowest BCUT2D eigenvalue weighted by Crippen LogP contribution is -2.47. The molecule has 0 spiro atoms. The van der Waals surface area contributed by atoms with Gasteiger partial charge < -0.3 is 10.6 Å². The molecular weight excluding hydrogens is 244 g/mol. The van der Waals surface area contributed by atoms with E-state index in [0.717, 1.165) is 15.8 Å². The van der Waals surface area contributed by atoms with Crippen molar-refractivity contribution in [1.82, 2.24) is 0 Å². The first-order valence-electron chi connectivity index (χ1n) is 4.39. The molecule has 2 N–H and O–H groups in total. The molecule has 1 aliphatic rings. The summed E-state index contributed by atoms with van der Waals surface area (Å²) in [6, 6.07) is 5.71. The number of rotatable bonds is 0. The number of carbonyl (C=O) groups excluding carboxylic acids is 1. The maximum atomic E-state index is 11.6. The van der Waals surface area contributed by atoms with Gasteiger partial charge in [0, 0.05) is 4.47 Å². The molecule has 0 fully saturated rings. The Balaban J connectivity index is 2.51. The Hall–Kier alpha value is -1.03. The number of fused-ring (bicyclic) bond motifs is 1. The maximum absolute atomic E-state index is 11.6. The molecule has 1 aliphatic heterocycles. The van der Waals surface area contributed by atoms with Gasteiger partial charge in [0.15, 0.2) is 0 Å². The zero-order valence-electron chi connectivity index (χ0n) is 8.02. The lowest BCUT2D eigenvalue weighted by atomic mass is 10.0. The molecule has 0 bridgehead atoms. The largest absolute Gasteiger partial charge is 0.369 e. The van der Waals surface area contributed by atoms with Crippen LogP contribution in [0.3, 0.4) is 0 Å². The van der Waals surface area contributed by atoms with Crippen LogP contribution in [0.1, 0.15) is 13.8 Å². The standard InChI is InChI=1S/C10H11BrN2O/c1-10(2)9(14)12-7-5-3-4-6(11)8(7)13-10/h3-5,13H,1-2H3,(H,12,14). The molecule has 0 atom stereocenters. The molecule has 1 amide bonds. The zero-order chi connectivity index (χ0) is 10.3. The molecule has 0 saturated carbocycles. The van der Waals surface area contributed by atoms with Crippen LogP contribution in [0.2, 0.25) is 0 Å². The smallest absolute Gasteiger partial charge is 0.249 e. The number of nitrogens with one attached hydrogen (secondary N) is 2. The van der Waals surface area contributed by atoms with E-state index in [1.54, 1.807) is 0 Å². The van der Waals surface area contributed by atoms with Crippen LogP contribution in [0.25, 0.3) is 0 Å². The molecule has 0 aliphatic carbocycles.